The number of nitro groups is 1. The molecule has 0 saturated heterocycles. The number of alkyl halides is 5. The minimum Gasteiger partial charge on any atom is -0.358 e. The zero-order chi connectivity index (χ0) is 21.3. The molecule has 2 atom stereocenters. The Morgan fingerprint density at radius 2 is 1.82 bits per heavy atom. The Labute approximate surface area is 176 Å². The maximum absolute atomic E-state index is 13.0. The molecule has 1 saturated carbocycles. The number of nitrogens with one attached hydrogen (secondary N) is 1. The van der Waals surface area contributed by atoms with E-state index in [4.69, 9.17) is 46.4 Å². The standard InChI is InChI=1S/C15H9Cl4F3N4O2/c1-12(5-14(12,18)19)13(6-23)4-10(26(27)28)25(24-13)11-8(16)2-7(3-9(11)17)15(20,21)22/h2-4,24H,5H2,1H3. The van der Waals surface area contributed by atoms with Crippen LogP contribution in [0.1, 0.15) is 18.9 Å². The van der Waals surface area contributed by atoms with E-state index in [1.165, 1.54) is 0 Å². The Kier molecular flexibility index (Phi) is 4.77. The zero-order valence-electron chi connectivity index (χ0n) is 13.7. The lowest BCUT2D eigenvalue weighted by atomic mass is 9.84. The van der Waals surface area contributed by atoms with E-state index >= 15 is 0 Å². The summed E-state index contributed by atoms with van der Waals surface area (Å²) < 4.78 is 37.5. The lowest BCUT2D eigenvalue weighted by molar-refractivity contribution is -0.426. The van der Waals surface area contributed by atoms with Crippen LogP contribution < -0.4 is 10.4 Å². The van der Waals surface area contributed by atoms with Gasteiger partial charge in [0.1, 0.15) is 4.33 Å². The number of hydrogen-bond acceptors (Lipinski definition) is 5. The molecule has 1 fully saturated rings. The fourth-order valence-electron chi connectivity index (χ4n) is 3.06. The molecule has 6 nitrogen and oxygen atoms in total. The predicted molar refractivity (Wildman–Crippen MR) is 97.7 cm³/mol. The Bertz CT molecular complexity index is 939. The van der Waals surface area contributed by atoms with Crippen molar-refractivity contribution in [1.29, 1.82) is 5.26 Å². The summed E-state index contributed by atoms with van der Waals surface area (Å²) in [5.74, 6) is -0.651. The summed E-state index contributed by atoms with van der Waals surface area (Å²) in [5, 5.41) is 21.1. The molecule has 1 N–H and O–H groups in total. The van der Waals surface area contributed by atoms with Crippen LogP contribution in [0.5, 0.6) is 0 Å². The van der Waals surface area contributed by atoms with Crippen LogP contribution in [-0.4, -0.2) is 14.8 Å². The first-order chi connectivity index (χ1) is 12.7. The Hall–Kier alpha value is -1.44. The highest BCUT2D eigenvalue weighted by molar-refractivity contribution is 6.51. The maximum Gasteiger partial charge on any atom is 0.416 e. The van der Waals surface area contributed by atoms with E-state index < -0.39 is 47.8 Å². The smallest absolute Gasteiger partial charge is 0.358 e. The van der Waals surface area contributed by atoms with Crippen molar-refractivity contribution < 1.29 is 18.1 Å². The van der Waals surface area contributed by atoms with Gasteiger partial charge in [0.05, 0.1) is 21.7 Å². The van der Waals surface area contributed by atoms with Crippen LogP contribution in [0, 0.1) is 26.9 Å². The molecule has 2 aliphatic rings. The predicted octanol–water partition coefficient (Wildman–Crippen LogP) is 5.30. The van der Waals surface area contributed by atoms with E-state index in [9.17, 15) is 28.5 Å². The van der Waals surface area contributed by atoms with Gasteiger partial charge in [-0.15, -0.1) is 33.6 Å². The van der Waals surface area contributed by atoms with Crippen molar-refractivity contribution in [2.24, 2.45) is 5.41 Å². The Morgan fingerprint density at radius 1 is 1.32 bits per heavy atom. The Balaban J connectivity index is 2.13. The van der Waals surface area contributed by atoms with E-state index in [1.54, 1.807) is 6.92 Å². The molecule has 1 aromatic rings. The number of halogens is 7. The monoisotopic (exact) mass is 474 g/mol. The number of anilines is 1. The largest absolute Gasteiger partial charge is 0.416 e. The molecule has 0 aromatic heterocycles. The fraction of sp³-hybridized carbons (Fsp3) is 0.400. The zero-order valence-corrected chi connectivity index (χ0v) is 16.8. The van der Waals surface area contributed by atoms with Crippen molar-refractivity contribution in [1.82, 2.24) is 5.43 Å². The van der Waals surface area contributed by atoms with Crippen LogP contribution in [0.3, 0.4) is 0 Å². The molecule has 13 heteroatoms. The minimum absolute atomic E-state index is 0.146. The summed E-state index contributed by atoms with van der Waals surface area (Å²) in [4.78, 5) is 10.7. The topological polar surface area (TPSA) is 82.2 Å². The quantitative estimate of drug-likeness (QED) is 0.364. The molecule has 1 aliphatic carbocycles. The molecule has 3 rings (SSSR count). The molecular weight excluding hydrogens is 467 g/mol. The van der Waals surface area contributed by atoms with Crippen LogP contribution >= 0.6 is 46.4 Å². The summed E-state index contributed by atoms with van der Waals surface area (Å²) in [6.07, 6.45) is -3.57. The van der Waals surface area contributed by atoms with Crippen molar-refractivity contribution in [3.8, 4) is 6.07 Å². The first kappa shape index (κ1) is 21.3. The van der Waals surface area contributed by atoms with Crippen molar-refractivity contribution in [2.45, 2.75) is 29.4 Å². The van der Waals surface area contributed by atoms with Gasteiger partial charge in [0.15, 0.2) is 11.2 Å². The highest BCUT2D eigenvalue weighted by atomic mass is 35.5. The van der Waals surface area contributed by atoms with Crippen molar-refractivity contribution >= 4 is 52.1 Å². The summed E-state index contributed by atoms with van der Waals surface area (Å²) in [7, 11) is 0. The van der Waals surface area contributed by atoms with E-state index in [0.717, 1.165) is 11.1 Å². The molecule has 150 valence electrons. The van der Waals surface area contributed by atoms with Crippen molar-refractivity contribution in [2.75, 3.05) is 5.01 Å². The molecular formula is C15H9Cl4F3N4O2. The normalized spacial score (nSPS) is 28.7. The van der Waals surface area contributed by atoms with Gasteiger partial charge in [-0.1, -0.05) is 30.1 Å². The first-order valence-electron chi connectivity index (χ1n) is 7.50. The number of nitriles is 1. The lowest BCUT2D eigenvalue weighted by Gasteiger charge is -2.28. The lowest BCUT2D eigenvalue weighted by Crippen LogP contribution is -2.53. The van der Waals surface area contributed by atoms with Gasteiger partial charge < -0.3 is 10.1 Å². The number of benzene rings is 1. The van der Waals surface area contributed by atoms with Gasteiger partial charge in [0.25, 0.3) is 0 Å². The Morgan fingerprint density at radius 3 is 2.18 bits per heavy atom. The molecule has 1 aromatic carbocycles. The summed E-state index contributed by atoms with van der Waals surface area (Å²) >= 11 is 24.2. The number of nitrogens with zero attached hydrogens (tertiary/aromatic N) is 3. The van der Waals surface area contributed by atoms with Crippen LogP contribution in [0.15, 0.2) is 24.0 Å². The van der Waals surface area contributed by atoms with Crippen LogP contribution in [0.25, 0.3) is 0 Å². The minimum atomic E-state index is -4.72. The van der Waals surface area contributed by atoms with Gasteiger partial charge in [-0.05, 0) is 23.5 Å². The second-order valence-corrected chi connectivity index (χ2v) is 8.92. The number of rotatable bonds is 3. The second-order valence-electron chi connectivity index (χ2n) is 6.63. The third-order valence-corrected chi connectivity index (χ3v) is 6.60. The van der Waals surface area contributed by atoms with Crippen molar-refractivity contribution in [3.05, 3.63) is 49.8 Å². The highest BCUT2D eigenvalue weighted by Gasteiger charge is 2.76. The summed E-state index contributed by atoms with van der Waals surface area (Å²) in [6.45, 7) is 1.55. The van der Waals surface area contributed by atoms with Gasteiger partial charge >= 0.3 is 12.0 Å². The van der Waals surface area contributed by atoms with E-state index in [1.807, 2.05) is 6.07 Å². The van der Waals surface area contributed by atoms with Crippen LogP contribution in [-0.2, 0) is 6.18 Å². The average Bonchev–Trinajstić information content (AvgIpc) is 2.91. The van der Waals surface area contributed by atoms with E-state index in [2.05, 4.69) is 5.43 Å². The molecule has 1 aliphatic heterocycles. The number of hydrazine groups is 1. The third kappa shape index (κ3) is 2.99. The van der Waals surface area contributed by atoms with Gasteiger partial charge in [-0.2, -0.15) is 18.4 Å². The fourth-order valence-corrected chi connectivity index (χ4v) is 4.55. The SMILES string of the molecule is CC1(C2(C#N)C=C([N+](=O)[O-])N(c3c(Cl)cc(C(F)(F)F)cc3Cl)N2)CC1(Cl)Cl. The van der Waals surface area contributed by atoms with Crippen LogP contribution in [0.2, 0.25) is 10.0 Å². The van der Waals surface area contributed by atoms with Gasteiger partial charge in [-0.25, -0.2) is 0 Å². The molecule has 0 amide bonds. The third-order valence-electron chi connectivity index (χ3n) is 4.92. The van der Waals surface area contributed by atoms with Crippen LogP contribution in [0.4, 0.5) is 18.9 Å². The molecule has 1 heterocycles. The molecule has 2 unspecified atom stereocenters. The number of hydrogen-bond donors (Lipinski definition) is 1. The van der Waals surface area contributed by atoms with E-state index in [-0.39, 0.29) is 12.1 Å². The molecule has 0 bridgehead atoms. The van der Waals surface area contributed by atoms with Crippen molar-refractivity contribution in [3.63, 3.8) is 0 Å². The van der Waals surface area contributed by atoms with Gasteiger partial charge in [0.2, 0.25) is 0 Å². The highest BCUT2D eigenvalue weighted by Crippen LogP contribution is 2.70. The van der Waals surface area contributed by atoms with Gasteiger partial charge in [-0.3, -0.25) is 0 Å². The summed E-state index contributed by atoms with van der Waals surface area (Å²) in [5.41, 5.74) is -1.64. The van der Waals surface area contributed by atoms with E-state index in [0.29, 0.717) is 12.1 Å². The first-order valence-corrected chi connectivity index (χ1v) is 9.01. The summed E-state index contributed by atoms with van der Waals surface area (Å²) in [6, 6.07) is 3.09. The average molecular weight is 476 g/mol. The molecule has 28 heavy (non-hydrogen) atoms. The second kappa shape index (κ2) is 6.28. The molecule has 0 spiro atoms. The van der Waals surface area contributed by atoms with Gasteiger partial charge in [0, 0.05) is 11.5 Å². The maximum atomic E-state index is 13.0. The molecule has 0 radical (unpaired) electrons.